The molecule has 0 atom stereocenters. The monoisotopic (exact) mass is 318 g/mol. The predicted molar refractivity (Wildman–Crippen MR) is 84.6 cm³/mol. The van der Waals surface area contributed by atoms with Crippen LogP contribution in [0.2, 0.25) is 0 Å². The van der Waals surface area contributed by atoms with Crippen molar-refractivity contribution in [3.63, 3.8) is 0 Å². The molecule has 1 aromatic carbocycles. The minimum Gasteiger partial charge on any atom is -0.322 e. The van der Waals surface area contributed by atoms with Crippen LogP contribution in [0.3, 0.4) is 0 Å². The Morgan fingerprint density at radius 2 is 2.18 bits per heavy atom. The number of aromatic amines is 1. The molecule has 2 heterocycles. The van der Waals surface area contributed by atoms with E-state index in [1.165, 1.54) is 12.1 Å². The maximum absolute atomic E-state index is 13.1. The Bertz CT molecular complexity index is 858. The summed E-state index contributed by atoms with van der Waals surface area (Å²) in [7, 11) is 0. The molecule has 0 fully saturated rings. The topological polar surface area (TPSA) is 70.7 Å². The maximum Gasteiger partial charge on any atom is 0.252 e. The number of pyridine rings is 1. The average molecular weight is 318 g/mol. The first kappa shape index (κ1) is 14.8. The van der Waals surface area contributed by atoms with E-state index in [0.717, 1.165) is 28.4 Å². The molecule has 5 nitrogen and oxygen atoms in total. The Labute approximate surface area is 130 Å². The molecule has 0 spiro atoms. The van der Waals surface area contributed by atoms with Crippen molar-refractivity contribution in [2.75, 3.05) is 6.54 Å². The molecule has 0 amide bonds. The number of rotatable bonds is 5. The van der Waals surface area contributed by atoms with Gasteiger partial charge < -0.3 is 10.3 Å². The molecular formula is C15H15FN4OS. The van der Waals surface area contributed by atoms with E-state index in [1.54, 1.807) is 23.5 Å². The Balaban J connectivity index is 1.65. The molecule has 0 unspecified atom stereocenters. The fraction of sp³-hybridized carbons (Fsp3) is 0.267. The second-order valence-corrected chi connectivity index (χ2v) is 6.26. The van der Waals surface area contributed by atoms with Crippen molar-refractivity contribution in [1.29, 1.82) is 0 Å². The van der Waals surface area contributed by atoms with Gasteiger partial charge in [-0.2, -0.15) is 0 Å². The molecule has 0 radical (unpaired) electrons. The third-order valence-corrected chi connectivity index (χ3v) is 4.18. The molecule has 0 aliphatic heterocycles. The van der Waals surface area contributed by atoms with Crippen LogP contribution >= 0.6 is 11.3 Å². The van der Waals surface area contributed by atoms with Crippen molar-refractivity contribution >= 4 is 22.2 Å². The SMILES string of the molecule is Cc1nnc(CCNCc2cc3ccc(F)cc3[nH]c2=O)s1. The van der Waals surface area contributed by atoms with Crippen LogP contribution in [0.25, 0.3) is 10.9 Å². The third-order valence-electron chi connectivity index (χ3n) is 3.28. The second kappa shape index (κ2) is 6.33. The molecule has 114 valence electrons. The highest BCUT2D eigenvalue weighted by Gasteiger charge is 2.05. The lowest BCUT2D eigenvalue weighted by Gasteiger charge is -2.05. The van der Waals surface area contributed by atoms with Gasteiger partial charge in [0.2, 0.25) is 0 Å². The zero-order valence-electron chi connectivity index (χ0n) is 12.0. The molecular weight excluding hydrogens is 303 g/mol. The lowest BCUT2D eigenvalue weighted by molar-refractivity contribution is 0.629. The Kier molecular flexibility index (Phi) is 4.26. The van der Waals surface area contributed by atoms with Crippen LogP contribution in [0.1, 0.15) is 15.6 Å². The van der Waals surface area contributed by atoms with Crippen molar-refractivity contribution in [2.45, 2.75) is 19.9 Å². The van der Waals surface area contributed by atoms with Crippen LogP contribution in [0.5, 0.6) is 0 Å². The van der Waals surface area contributed by atoms with Crippen LogP contribution in [-0.4, -0.2) is 21.7 Å². The normalized spacial score (nSPS) is 11.2. The highest BCUT2D eigenvalue weighted by atomic mass is 32.1. The first-order valence-electron chi connectivity index (χ1n) is 6.93. The molecule has 0 aliphatic rings. The van der Waals surface area contributed by atoms with Gasteiger partial charge in [0.05, 0.1) is 5.52 Å². The summed E-state index contributed by atoms with van der Waals surface area (Å²) in [5.74, 6) is -0.360. The minimum atomic E-state index is -0.360. The van der Waals surface area contributed by atoms with Crippen molar-refractivity contribution in [3.8, 4) is 0 Å². The molecule has 0 aliphatic carbocycles. The highest BCUT2D eigenvalue weighted by Crippen LogP contribution is 2.12. The van der Waals surface area contributed by atoms with E-state index in [-0.39, 0.29) is 11.4 Å². The molecule has 22 heavy (non-hydrogen) atoms. The van der Waals surface area contributed by atoms with Gasteiger partial charge in [0.15, 0.2) is 0 Å². The summed E-state index contributed by atoms with van der Waals surface area (Å²) in [6, 6.07) is 6.16. The molecule has 0 bridgehead atoms. The molecule has 3 aromatic rings. The summed E-state index contributed by atoms with van der Waals surface area (Å²) in [6.45, 7) is 3.10. The van der Waals surface area contributed by atoms with Gasteiger partial charge in [-0.05, 0) is 36.6 Å². The Morgan fingerprint density at radius 1 is 1.32 bits per heavy atom. The van der Waals surface area contributed by atoms with Crippen molar-refractivity contribution < 1.29 is 4.39 Å². The number of nitrogens with zero attached hydrogens (tertiary/aromatic N) is 2. The zero-order valence-corrected chi connectivity index (χ0v) is 12.8. The highest BCUT2D eigenvalue weighted by molar-refractivity contribution is 7.11. The Hall–Kier alpha value is -2.12. The average Bonchev–Trinajstić information content (AvgIpc) is 2.89. The molecule has 0 saturated carbocycles. The van der Waals surface area contributed by atoms with Crippen LogP contribution in [0.15, 0.2) is 29.1 Å². The van der Waals surface area contributed by atoms with Gasteiger partial charge in [0.1, 0.15) is 15.8 Å². The zero-order chi connectivity index (χ0) is 15.5. The second-order valence-electron chi connectivity index (χ2n) is 5.00. The van der Waals surface area contributed by atoms with Crippen LogP contribution in [0.4, 0.5) is 4.39 Å². The molecule has 2 N–H and O–H groups in total. The standard InChI is InChI=1S/C15H15FN4OS/c1-9-19-20-14(22-9)4-5-17-8-11-6-10-2-3-12(16)7-13(10)18-15(11)21/h2-3,6-7,17H,4-5,8H2,1H3,(H,18,21). The number of halogens is 1. The number of aromatic nitrogens is 3. The van der Waals surface area contributed by atoms with Crippen molar-refractivity contribution in [2.24, 2.45) is 0 Å². The fourth-order valence-electron chi connectivity index (χ4n) is 2.21. The summed E-state index contributed by atoms with van der Waals surface area (Å²) in [5, 5.41) is 14.0. The van der Waals surface area contributed by atoms with Gasteiger partial charge in [0, 0.05) is 25.1 Å². The fourth-order valence-corrected chi connectivity index (χ4v) is 2.92. The third kappa shape index (κ3) is 3.37. The van der Waals surface area contributed by atoms with Gasteiger partial charge in [-0.1, -0.05) is 0 Å². The van der Waals surface area contributed by atoms with Crippen molar-refractivity contribution in [3.05, 3.63) is 56.0 Å². The van der Waals surface area contributed by atoms with E-state index in [1.807, 2.05) is 6.92 Å². The number of hydrogen-bond acceptors (Lipinski definition) is 5. The quantitative estimate of drug-likeness (QED) is 0.707. The predicted octanol–water partition coefficient (Wildman–Crippen LogP) is 2.16. The largest absolute Gasteiger partial charge is 0.322 e. The minimum absolute atomic E-state index is 0.197. The van der Waals surface area contributed by atoms with Gasteiger partial charge in [-0.25, -0.2) is 4.39 Å². The number of aryl methyl sites for hydroxylation is 1. The van der Waals surface area contributed by atoms with Gasteiger partial charge >= 0.3 is 0 Å². The van der Waals surface area contributed by atoms with Gasteiger partial charge in [0.25, 0.3) is 5.56 Å². The number of benzene rings is 1. The lowest BCUT2D eigenvalue weighted by Crippen LogP contribution is -2.22. The van der Waals surface area contributed by atoms with Gasteiger partial charge in [-0.15, -0.1) is 21.5 Å². The Morgan fingerprint density at radius 3 is 2.95 bits per heavy atom. The first-order chi connectivity index (χ1) is 10.6. The van der Waals surface area contributed by atoms with E-state index >= 15 is 0 Å². The molecule has 3 rings (SSSR count). The summed E-state index contributed by atoms with van der Waals surface area (Å²) >= 11 is 1.57. The van der Waals surface area contributed by atoms with Gasteiger partial charge in [-0.3, -0.25) is 4.79 Å². The van der Waals surface area contributed by atoms with E-state index < -0.39 is 0 Å². The number of H-pyrrole nitrogens is 1. The van der Waals surface area contributed by atoms with E-state index in [2.05, 4.69) is 20.5 Å². The first-order valence-corrected chi connectivity index (χ1v) is 7.74. The number of hydrogen-bond donors (Lipinski definition) is 2. The van der Waals surface area contributed by atoms with Crippen LogP contribution in [0, 0.1) is 12.7 Å². The lowest BCUT2D eigenvalue weighted by atomic mass is 10.1. The number of nitrogens with one attached hydrogen (secondary N) is 2. The molecule has 2 aromatic heterocycles. The summed E-state index contributed by atoms with van der Waals surface area (Å²) in [4.78, 5) is 14.7. The summed E-state index contributed by atoms with van der Waals surface area (Å²) in [5.41, 5.74) is 0.947. The summed E-state index contributed by atoms with van der Waals surface area (Å²) < 4.78 is 13.1. The van der Waals surface area contributed by atoms with Crippen molar-refractivity contribution in [1.82, 2.24) is 20.5 Å². The molecule has 7 heteroatoms. The van der Waals surface area contributed by atoms with E-state index in [9.17, 15) is 9.18 Å². The van der Waals surface area contributed by atoms with Crippen LogP contribution in [-0.2, 0) is 13.0 Å². The summed E-state index contributed by atoms with van der Waals surface area (Å²) in [6.07, 6.45) is 0.780. The van der Waals surface area contributed by atoms with E-state index in [4.69, 9.17) is 0 Å². The maximum atomic E-state index is 13.1. The van der Waals surface area contributed by atoms with Crippen LogP contribution < -0.4 is 10.9 Å². The molecule has 0 saturated heterocycles. The van der Waals surface area contributed by atoms with E-state index in [0.29, 0.717) is 17.6 Å². The number of fused-ring (bicyclic) bond motifs is 1. The smallest absolute Gasteiger partial charge is 0.252 e.